The maximum atomic E-state index is 5.83. The minimum atomic E-state index is 0.579. The Morgan fingerprint density at radius 1 is 1.43 bits per heavy atom. The number of nitrogen functional groups attached to an aromatic ring is 1. The summed E-state index contributed by atoms with van der Waals surface area (Å²) in [5, 5.41) is 3.13. The van der Waals surface area contributed by atoms with Gasteiger partial charge in [-0.05, 0) is 18.6 Å². The predicted molar refractivity (Wildman–Crippen MR) is 59.7 cm³/mol. The van der Waals surface area contributed by atoms with E-state index in [9.17, 15) is 0 Å². The number of benzene rings is 1. The summed E-state index contributed by atoms with van der Waals surface area (Å²) in [4.78, 5) is 0. The second-order valence-corrected chi connectivity index (χ2v) is 3.12. The van der Waals surface area contributed by atoms with Crippen molar-refractivity contribution in [1.29, 1.82) is 0 Å². The first kappa shape index (κ1) is 10.7. The molecule has 0 aliphatic heterocycles. The fourth-order valence-electron chi connectivity index (χ4n) is 1.29. The van der Waals surface area contributed by atoms with Crippen LogP contribution in [0.4, 0.5) is 11.4 Å². The zero-order valence-corrected chi connectivity index (χ0v) is 8.63. The van der Waals surface area contributed by atoms with Crippen LogP contribution in [0.1, 0.15) is 5.56 Å². The number of aryl methyl sites for hydroxylation is 1. The smallest absolute Gasteiger partial charge is 0.123 e. The summed E-state index contributed by atoms with van der Waals surface area (Å²) in [7, 11) is 1.64. The average molecular weight is 195 g/mol. The van der Waals surface area contributed by atoms with Crippen molar-refractivity contribution in [2.75, 3.05) is 31.2 Å². The van der Waals surface area contributed by atoms with E-state index < -0.39 is 0 Å². The lowest BCUT2D eigenvalue weighted by atomic mass is 10.1. The molecule has 78 valence electrons. The third kappa shape index (κ3) is 2.29. The van der Waals surface area contributed by atoms with E-state index in [4.69, 9.17) is 16.2 Å². The van der Waals surface area contributed by atoms with Crippen LogP contribution in [-0.4, -0.2) is 20.2 Å². The van der Waals surface area contributed by atoms with Gasteiger partial charge in [0.1, 0.15) is 5.75 Å². The Labute approximate surface area is 84.2 Å². The molecular formula is C10H17N3O. The highest BCUT2D eigenvalue weighted by Gasteiger charge is 2.04. The van der Waals surface area contributed by atoms with Gasteiger partial charge in [0, 0.05) is 19.2 Å². The maximum absolute atomic E-state index is 5.83. The van der Waals surface area contributed by atoms with E-state index in [0.717, 1.165) is 22.7 Å². The highest BCUT2D eigenvalue weighted by molar-refractivity contribution is 5.70. The van der Waals surface area contributed by atoms with E-state index in [2.05, 4.69) is 5.32 Å². The molecule has 0 aliphatic carbocycles. The molecule has 0 radical (unpaired) electrons. The monoisotopic (exact) mass is 195 g/mol. The van der Waals surface area contributed by atoms with Crippen molar-refractivity contribution >= 4 is 11.4 Å². The molecule has 1 aromatic carbocycles. The molecule has 0 saturated carbocycles. The van der Waals surface area contributed by atoms with Crippen LogP contribution in [0.2, 0.25) is 0 Å². The number of hydrogen-bond acceptors (Lipinski definition) is 4. The Bertz CT molecular complexity index is 312. The quantitative estimate of drug-likeness (QED) is 0.625. The lowest BCUT2D eigenvalue weighted by Gasteiger charge is -2.12. The summed E-state index contributed by atoms with van der Waals surface area (Å²) in [5.41, 5.74) is 13.8. The molecule has 0 bridgehead atoms. The van der Waals surface area contributed by atoms with Crippen LogP contribution in [0.25, 0.3) is 0 Å². The summed E-state index contributed by atoms with van der Waals surface area (Å²) in [5.74, 6) is 0.832. The van der Waals surface area contributed by atoms with E-state index in [1.165, 1.54) is 0 Å². The number of hydrogen-bond donors (Lipinski definition) is 3. The summed E-state index contributed by atoms with van der Waals surface area (Å²) in [6.07, 6.45) is 0. The van der Waals surface area contributed by atoms with E-state index in [0.29, 0.717) is 13.1 Å². The molecule has 4 heteroatoms. The number of nitrogens with two attached hydrogens (primary N) is 2. The second-order valence-electron chi connectivity index (χ2n) is 3.12. The van der Waals surface area contributed by atoms with Gasteiger partial charge in [-0.3, -0.25) is 0 Å². The molecule has 0 aromatic heterocycles. The zero-order chi connectivity index (χ0) is 10.6. The lowest BCUT2D eigenvalue weighted by Crippen LogP contribution is -2.14. The van der Waals surface area contributed by atoms with Gasteiger partial charge in [0.05, 0.1) is 18.5 Å². The summed E-state index contributed by atoms with van der Waals surface area (Å²) >= 11 is 0. The first-order valence-electron chi connectivity index (χ1n) is 4.57. The Morgan fingerprint density at radius 3 is 2.71 bits per heavy atom. The summed E-state index contributed by atoms with van der Waals surface area (Å²) < 4.78 is 5.19. The molecule has 0 spiro atoms. The maximum Gasteiger partial charge on any atom is 0.123 e. The largest absolute Gasteiger partial charge is 0.496 e. The highest BCUT2D eigenvalue weighted by Crippen LogP contribution is 2.28. The van der Waals surface area contributed by atoms with Gasteiger partial charge >= 0.3 is 0 Å². The van der Waals surface area contributed by atoms with Crippen LogP contribution in [0.3, 0.4) is 0 Å². The van der Waals surface area contributed by atoms with Gasteiger partial charge in [-0.15, -0.1) is 0 Å². The van der Waals surface area contributed by atoms with Crippen molar-refractivity contribution in [3.05, 3.63) is 17.7 Å². The van der Waals surface area contributed by atoms with Crippen LogP contribution in [0, 0.1) is 6.92 Å². The molecule has 0 heterocycles. The van der Waals surface area contributed by atoms with E-state index in [1.807, 2.05) is 19.1 Å². The van der Waals surface area contributed by atoms with Gasteiger partial charge in [0.2, 0.25) is 0 Å². The van der Waals surface area contributed by atoms with Crippen LogP contribution in [-0.2, 0) is 0 Å². The van der Waals surface area contributed by atoms with Crippen molar-refractivity contribution in [3.8, 4) is 5.75 Å². The Kier molecular flexibility index (Phi) is 3.59. The van der Waals surface area contributed by atoms with Gasteiger partial charge in [-0.2, -0.15) is 0 Å². The molecule has 1 aromatic rings. The van der Waals surface area contributed by atoms with Crippen LogP contribution in [0.5, 0.6) is 5.75 Å². The number of ether oxygens (including phenoxy) is 1. The van der Waals surface area contributed by atoms with Crippen LogP contribution in [0.15, 0.2) is 12.1 Å². The lowest BCUT2D eigenvalue weighted by molar-refractivity contribution is 0.412. The molecular weight excluding hydrogens is 178 g/mol. The minimum Gasteiger partial charge on any atom is -0.496 e. The summed E-state index contributed by atoms with van der Waals surface area (Å²) in [6.45, 7) is 3.24. The first-order chi connectivity index (χ1) is 6.69. The van der Waals surface area contributed by atoms with Crippen molar-refractivity contribution in [3.63, 3.8) is 0 Å². The Morgan fingerprint density at radius 2 is 2.14 bits per heavy atom. The molecule has 0 amide bonds. The number of rotatable bonds is 4. The van der Waals surface area contributed by atoms with Gasteiger partial charge in [0.15, 0.2) is 0 Å². The van der Waals surface area contributed by atoms with Gasteiger partial charge in [-0.1, -0.05) is 0 Å². The minimum absolute atomic E-state index is 0.579. The normalized spacial score (nSPS) is 9.93. The number of methoxy groups -OCH3 is 1. The average Bonchev–Trinajstić information content (AvgIpc) is 2.17. The van der Waals surface area contributed by atoms with Crippen LogP contribution >= 0.6 is 0 Å². The molecule has 0 aliphatic rings. The Balaban J connectivity index is 2.92. The predicted octanol–water partition coefficient (Wildman–Crippen LogP) is 0.956. The molecule has 0 fully saturated rings. The standard InChI is InChI=1S/C10H17N3O/c1-7-5-8(12)9(13-4-3-11)6-10(7)14-2/h5-6,13H,3-4,11-12H2,1-2H3. The zero-order valence-electron chi connectivity index (χ0n) is 8.63. The molecule has 0 saturated heterocycles. The summed E-state index contributed by atoms with van der Waals surface area (Å²) in [6, 6.07) is 3.78. The molecule has 14 heavy (non-hydrogen) atoms. The SMILES string of the molecule is COc1cc(NCCN)c(N)cc1C. The Hall–Kier alpha value is -1.42. The third-order valence-electron chi connectivity index (χ3n) is 2.03. The number of nitrogens with one attached hydrogen (secondary N) is 1. The van der Waals surface area contributed by atoms with E-state index in [1.54, 1.807) is 7.11 Å². The molecule has 5 N–H and O–H groups in total. The molecule has 0 unspecified atom stereocenters. The molecule has 1 rings (SSSR count). The van der Waals surface area contributed by atoms with Crippen molar-refractivity contribution in [2.24, 2.45) is 5.73 Å². The van der Waals surface area contributed by atoms with Crippen molar-refractivity contribution in [2.45, 2.75) is 6.92 Å². The van der Waals surface area contributed by atoms with Crippen molar-refractivity contribution < 1.29 is 4.74 Å². The molecule has 0 atom stereocenters. The molecule has 4 nitrogen and oxygen atoms in total. The fourth-order valence-corrected chi connectivity index (χ4v) is 1.29. The topological polar surface area (TPSA) is 73.3 Å². The van der Waals surface area contributed by atoms with Crippen LogP contribution < -0.4 is 21.5 Å². The van der Waals surface area contributed by atoms with Gasteiger partial charge < -0.3 is 21.5 Å². The highest BCUT2D eigenvalue weighted by atomic mass is 16.5. The van der Waals surface area contributed by atoms with Gasteiger partial charge in [-0.25, -0.2) is 0 Å². The third-order valence-corrected chi connectivity index (χ3v) is 2.03. The second kappa shape index (κ2) is 4.72. The van der Waals surface area contributed by atoms with Gasteiger partial charge in [0.25, 0.3) is 0 Å². The number of anilines is 2. The fraction of sp³-hybridized carbons (Fsp3) is 0.400. The first-order valence-corrected chi connectivity index (χ1v) is 4.57. The van der Waals surface area contributed by atoms with E-state index >= 15 is 0 Å². The van der Waals surface area contributed by atoms with Crippen molar-refractivity contribution in [1.82, 2.24) is 0 Å². The van der Waals surface area contributed by atoms with E-state index in [-0.39, 0.29) is 0 Å².